The number of rotatable bonds is 4. The average Bonchev–Trinajstić information content (AvgIpc) is 2.72. The topological polar surface area (TPSA) is 82.0 Å². The molecule has 6 heteroatoms. The molecule has 0 amide bonds. The Morgan fingerprint density at radius 1 is 1.44 bits per heavy atom. The summed E-state index contributed by atoms with van der Waals surface area (Å²) in [5.41, 5.74) is 1.03. The second kappa shape index (κ2) is 4.82. The van der Waals surface area contributed by atoms with E-state index in [4.69, 9.17) is 0 Å². The maximum atomic E-state index is 9.92. The van der Waals surface area contributed by atoms with Gasteiger partial charge in [0.05, 0.1) is 11.8 Å². The maximum absolute atomic E-state index is 9.92. The van der Waals surface area contributed by atoms with Crippen LogP contribution in [-0.2, 0) is 0 Å². The zero-order valence-electron chi connectivity index (χ0n) is 8.54. The highest BCUT2D eigenvalue weighted by Gasteiger charge is 2.21. The van der Waals surface area contributed by atoms with E-state index in [-0.39, 0.29) is 0 Å². The lowest BCUT2D eigenvalue weighted by molar-refractivity contribution is 0.0155. The van der Waals surface area contributed by atoms with Crippen molar-refractivity contribution in [2.24, 2.45) is 0 Å². The summed E-state index contributed by atoms with van der Waals surface area (Å²) in [6.07, 6.45) is 0.219. The minimum absolute atomic E-state index is 0.422. The summed E-state index contributed by atoms with van der Waals surface area (Å²) in [6, 6.07) is 3.57. The lowest BCUT2D eigenvalue weighted by Crippen LogP contribution is -2.19. The van der Waals surface area contributed by atoms with E-state index >= 15 is 0 Å². The molecule has 0 aliphatic heterocycles. The van der Waals surface area contributed by atoms with Gasteiger partial charge in [0.2, 0.25) is 0 Å². The molecule has 0 spiro atoms. The van der Waals surface area contributed by atoms with Crippen LogP contribution in [0.1, 0.15) is 18.2 Å². The van der Waals surface area contributed by atoms with E-state index in [1.165, 1.54) is 0 Å². The smallest absolute Gasteiger partial charge is 0.181 e. The molecule has 3 N–H and O–H groups in total. The second-order valence-corrected chi connectivity index (χ2v) is 3.98. The summed E-state index contributed by atoms with van der Waals surface area (Å²) < 4.78 is 0. The Bertz CT molecular complexity index is 474. The molecule has 2 heterocycles. The van der Waals surface area contributed by atoms with Gasteiger partial charge >= 0.3 is 0 Å². The van der Waals surface area contributed by atoms with E-state index in [0.29, 0.717) is 23.5 Å². The summed E-state index contributed by atoms with van der Waals surface area (Å²) >= 11 is 4.02. The Morgan fingerprint density at radius 2 is 2.25 bits per heavy atom. The van der Waals surface area contributed by atoms with Crippen molar-refractivity contribution < 1.29 is 10.2 Å². The number of pyridine rings is 1. The van der Waals surface area contributed by atoms with Crippen LogP contribution in [0.3, 0.4) is 0 Å². The molecule has 2 atom stereocenters. The molecule has 2 unspecified atom stereocenters. The molecule has 0 aliphatic rings. The fourth-order valence-electron chi connectivity index (χ4n) is 1.58. The Labute approximate surface area is 97.9 Å². The normalized spacial score (nSPS) is 15.2. The van der Waals surface area contributed by atoms with Crippen molar-refractivity contribution in [3.63, 3.8) is 0 Å². The molecule has 16 heavy (non-hydrogen) atoms. The minimum atomic E-state index is -0.985. The van der Waals surface area contributed by atoms with E-state index in [9.17, 15) is 10.2 Å². The molecular weight excluding hydrogens is 226 g/mol. The van der Waals surface area contributed by atoms with Crippen molar-refractivity contribution in [2.45, 2.75) is 18.6 Å². The summed E-state index contributed by atoms with van der Waals surface area (Å²) in [6.45, 7) is 0. The third kappa shape index (κ3) is 2.04. The van der Waals surface area contributed by atoms with E-state index in [2.05, 4.69) is 27.8 Å². The molecule has 86 valence electrons. The number of fused-ring (bicyclic) bond motifs is 1. The molecule has 0 aliphatic carbocycles. The van der Waals surface area contributed by atoms with Gasteiger partial charge in [-0.05, 0) is 24.3 Å². The molecule has 0 aromatic carbocycles. The minimum Gasteiger partial charge on any atom is -0.390 e. The first kappa shape index (κ1) is 11.4. The molecule has 0 saturated heterocycles. The van der Waals surface area contributed by atoms with E-state index in [1.807, 2.05) is 0 Å². The van der Waals surface area contributed by atoms with E-state index in [0.717, 1.165) is 5.39 Å². The molecular formula is C10H13N3O2S. The summed E-state index contributed by atoms with van der Waals surface area (Å²) in [7, 11) is 0. The second-order valence-electron chi connectivity index (χ2n) is 3.54. The molecule has 2 aromatic heterocycles. The Kier molecular flexibility index (Phi) is 3.42. The predicted molar refractivity (Wildman–Crippen MR) is 63.3 cm³/mol. The van der Waals surface area contributed by atoms with Gasteiger partial charge in [0.15, 0.2) is 5.65 Å². The van der Waals surface area contributed by atoms with Gasteiger partial charge in [-0.15, -0.1) is 0 Å². The van der Waals surface area contributed by atoms with Crippen molar-refractivity contribution in [2.75, 3.05) is 5.75 Å². The number of aliphatic hydroxyl groups is 2. The molecule has 0 bridgehead atoms. The number of aliphatic hydroxyl groups excluding tert-OH is 2. The number of aromatic amines is 1. The summed E-state index contributed by atoms with van der Waals surface area (Å²) in [4.78, 5) is 4.04. The van der Waals surface area contributed by atoms with Gasteiger partial charge in [0, 0.05) is 11.6 Å². The number of hydrogen-bond acceptors (Lipinski definition) is 5. The van der Waals surface area contributed by atoms with Crippen LogP contribution in [0.2, 0.25) is 0 Å². The number of aromatic nitrogens is 3. The van der Waals surface area contributed by atoms with Crippen molar-refractivity contribution in [3.8, 4) is 0 Å². The van der Waals surface area contributed by atoms with Crippen LogP contribution in [-0.4, -0.2) is 37.3 Å². The quantitative estimate of drug-likeness (QED) is 0.591. The molecule has 5 nitrogen and oxygen atoms in total. The highest BCUT2D eigenvalue weighted by Crippen LogP contribution is 2.23. The van der Waals surface area contributed by atoms with E-state index < -0.39 is 12.2 Å². The monoisotopic (exact) mass is 239 g/mol. The van der Waals surface area contributed by atoms with Gasteiger partial charge in [-0.25, -0.2) is 4.98 Å². The van der Waals surface area contributed by atoms with Crippen LogP contribution in [0.25, 0.3) is 11.0 Å². The van der Waals surface area contributed by atoms with Gasteiger partial charge in [-0.3, -0.25) is 5.10 Å². The summed E-state index contributed by atoms with van der Waals surface area (Å²) in [5, 5.41) is 27.0. The first-order chi connectivity index (χ1) is 7.74. The van der Waals surface area contributed by atoms with Crippen molar-refractivity contribution >= 4 is 23.7 Å². The van der Waals surface area contributed by atoms with Crippen molar-refractivity contribution in [1.29, 1.82) is 0 Å². The van der Waals surface area contributed by atoms with E-state index in [1.54, 1.807) is 18.3 Å². The number of thiol groups is 1. The fraction of sp³-hybridized carbons (Fsp3) is 0.400. The molecule has 2 rings (SSSR count). The van der Waals surface area contributed by atoms with Crippen molar-refractivity contribution in [1.82, 2.24) is 15.2 Å². The van der Waals surface area contributed by atoms with Crippen LogP contribution in [0.15, 0.2) is 18.3 Å². The van der Waals surface area contributed by atoms with Gasteiger partial charge in [0.25, 0.3) is 0 Å². The highest BCUT2D eigenvalue weighted by atomic mass is 32.1. The highest BCUT2D eigenvalue weighted by molar-refractivity contribution is 7.80. The first-order valence-electron chi connectivity index (χ1n) is 5.00. The SMILES string of the molecule is OC(CCS)C(O)c1[nH]nc2ncccc12. The Balaban J connectivity index is 2.32. The standard InChI is InChI=1S/C10H13N3O2S/c14-7(3-5-16)9(15)8-6-2-1-4-11-10(6)13-12-8/h1-2,4,7,9,14-16H,3,5H2,(H,11,12,13). The number of nitrogens with zero attached hydrogens (tertiary/aromatic N) is 2. The maximum Gasteiger partial charge on any atom is 0.181 e. The molecule has 2 aromatic rings. The molecule has 0 saturated carbocycles. The van der Waals surface area contributed by atoms with Crippen LogP contribution >= 0.6 is 12.6 Å². The van der Waals surface area contributed by atoms with Crippen LogP contribution in [0, 0.1) is 0 Å². The third-order valence-electron chi connectivity index (χ3n) is 2.44. The molecule has 0 fully saturated rings. The van der Waals surface area contributed by atoms with Gasteiger partial charge < -0.3 is 10.2 Å². The zero-order chi connectivity index (χ0) is 11.5. The predicted octanol–water partition coefficient (Wildman–Crippen LogP) is 0.672. The van der Waals surface area contributed by atoms with Gasteiger partial charge in [-0.1, -0.05) is 0 Å². The Morgan fingerprint density at radius 3 is 3.00 bits per heavy atom. The first-order valence-corrected chi connectivity index (χ1v) is 5.63. The third-order valence-corrected chi connectivity index (χ3v) is 2.70. The summed E-state index contributed by atoms with van der Waals surface area (Å²) in [5.74, 6) is 0.516. The molecule has 0 radical (unpaired) electrons. The van der Waals surface area contributed by atoms with Gasteiger partial charge in [0.1, 0.15) is 6.10 Å². The number of hydrogen-bond donors (Lipinski definition) is 4. The van der Waals surface area contributed by atoms with Crippen LogP contribution in [0.5, 0.6) is 0 Å². The number of nitrogens with one attached hydrogen (secondary N) is 1. The van der Waals surface area contributed by atoms with Crippen molar-refractivity contribution in [3.05, 3.63) is 24.0 Å². The average molecular weight is 239 g/mol. The van der Waals surface area contributed by atoms with Crippen LogP contribution < -0.4 is 0 Å². The number of H-pyrrole nitrogens is 1. The Hall–Kier alpha value is -1.11. The van der Waals surface area contributed by atoms with Gasteiger partial charge in [-0.2, -0.15) is 17.7 Å². The zero-order valence-corrected chi connectivity index (χ0v) is 9.43. The lowest BCUT2D eigenvalue weighted by atomic mass is 10.1. The lowest BCUT2D eigenvalue weighted by Gasteiger charge is -2.15. The van der Waals surface area contributed by atoms with Crippen LogP contribution in [0.4, 0.5) is 0 Å². The largest absolute Gasteiger partial charge is 0.390 e. The fourth-order valence-corrected chi connectivity index (χ4v) is 1.84.